The number of carbonyl (C=O) groups is 1. The van der Waals surface area contributed by atoms with Gasteiger partial charge in [-0.2, -0.15) is 0 Å². The number of amides is 1. The molecule has 0 spiro atoms. The van der Waals surface area contributed by atoms with Crippen molar-refractivity contribution in [2.24, 2.45) is 0 Å². The van der Waals surface area contributed by atoms with Crippen molar-refractivity contribution in [1.82, 2.24) is 9.88 Å². The van der Waals surface area contributed by atoms with Crippen LogP contribution in [-0.4, -0.2) is 43.0 Å². The molecule has 0 radical (unpaired) electrons. The third-order valence-corrected chi connectivity index (χ3v) is 4.79. The second kappa shape index (κ2) is 8.92. The zero-order valence-electron chi connectivity index (χ0n) is 17.6. The summed E-state index contributed by atoms with van der Waals surface area (Å²) < 4.78 is 0. The molecule has 0 fully saturated rings. The van der Waals surface area contributed by atoms with Crippen LogP contribution in [-0.2, 0) is 11.3 Å². The summed E-state index contributed by atoms with van der Waals surface area (Å²) >= 11 is 0. The van der Waals surface area contributed by atoms with Gasteiger partial charge in [0.15, 0.2) is 0 Å². The highest BCUT2D eigenvalue weighted by molar-refractivity contribution is 5.89. The van der Waals surface area contributed by atoms with Crippen molar-refractivity contribution in [3.63, 3.8) is 0 Å². The molecule has 3 rings (SSSR count). The van der Waals surface area contributed by atoms with E-state index in [1.54, 1.807) is 0 Å². The highest BCUT2D eigenvalue weighted by Gasteiger charge is 2.13. The van der Waals surface area contributed by atoms with Crippen LogP contribution >= 0.6 is 0 Å². The van der Waals surface area contributed by atoms with Crippen molar-refractivity contribution in [1.29, 1.82) is 0 Å². The number of benzene rings is 2. The summed E-state index contributed by atoms with van der Waals surface area (Å²) in [6.45, 7) is 6.06. The Morgan fingerprint density at radius 1 is 1.10 bits per heavy atom. The molecule has 152 valence electrons. The summed E-state index contributed by atoms with van der Waals surface area (Å²) in [5.74, 6) is 0.865. The van der Waals surface area contributed by atoms with Gasteiger partial charge in [-0.05, 0) is 68.5 Å². The van der Waals surface area contributed by atoms with Crippen LogP contribution in [0, 0.1) is 6.92 Å². The number of hydrogen-bond acceptors (Lipinski definition) is 5. The molecule has 1 heterocycles. The summed E-state index contributed by atoms with van der Waals surface area (Å²) in [5, 5.41) is 3.93. The Kier molecular flexibility index (Phi) is 6.34. The lowest BCUT2D eigenvalue weighted by Crippen LogP contribution is -2.32. The van der Waals surface area contributed by atoms with Crippen LogP contribution in [0.2, 0.25) is 0 Å². The van der Waals surface area contributed by atoms with Crippen molar-refractivity contribution in [3.05, 3.63) is 59.7 Å². The Labute approximate surface area is 172 Å². The summed E-state index contributed by atoms with van der Waals surface area (Å²) in [6.07, 6.45) is 0. The Balaban J connectivity index is 1.94. The third-order valence-electron chi connectivity index (χ3n) is 4.79. The highest BCUT2D eigenvalue weighted by atomic mass is 16.1. The van der Waals surface area contributed by atoms with E-state index in [2.05, 4.69) is 48.3 Å². The van der Waals surface area contributed by atoms with Gasteiger partial charge < -0.3 is 20.9 Å². The molecule has 1 aromatic heterocycles. The number of nitrogens with one attached hydrogen (secondary N) is 1. The van der Waals surface area contributed by atoms with Crippen LogP contribution in [0.1, 0.15) is 18.1 Å². The van der Waals surface area contributed by atoms with Crippen molar-refractivity contribution in [2.75, 3.05) is 43.1 Å². The molecular formula is C23H29N5O. The van der Waals surface area contributed by atoms with E-state index in [0.29, 0.717) is 6.54 Å². The van der Waals surface area contributed by atoms with Gasteiger partial charge in [0.25, 0.3) is 0 Å². The molecule has 0 aliphatic rings. The first-order valence-corrected chi connectivity index (χ1v) is 9.75. The van der Waals surface area contributed by atoms with Crippen LogP contribution in [0.5, 0.6) is 0 Å². The van der Waals surface area contributed by atoms with E-state index in [0.717, 1.165) is 52.3 Å². The fraction of sp³-hybridized carbons (Fsp3) is 0.304. The number of pyridine rings is 1. The Bertz CT molecular complexity index is 1020. The smallest absolute Gasteiger partial charge is 0.221 e. The first-order chi connectivity index (χ1) is 13.8. The Morgan fingerprint density at radius 2 is 1.90 bits per heavy atom. The summed E-state index contributed by atoms with van der Waals surface area (Å²) in [5.41, 5.74) is 10.7. The maximum absolute atomic E-state index is 11.4. The SMILES string of the molecule is CC(=O)Nc1cccc(CN(CCN(C)C)c2cc(C)c3cc(N)ccc3n2)c1. The van der Waals surface area contributed by atoms with Crippen molar-refractivity contribution < 1.29 is 4.79 Å². The van der Waals surface area contributed by atoms with Crippen molar-refractivity contribution in [2.45, 2.75) is 20.4 Å². The molecule has 0 bridgehead atoms. The third kappa shape index (κ3) is 5.45. The second-order valence-electron chi connectivity index (χ2n) is 7.68. The molecule has 1 amide bonds. The molecule has 0 saturated heterocycles. The van der Waals surface area contributed by atoms with Crippen LogP contribution in [0.25, 0.3) is 10.9 Å². The minimum Gasteiger partial charge on any atom is -0.399 e. The number of hydrogen-bond donors (Lipinski definition) is 2. The average Bonchev–Trinajstić information content (AvgIpc) is 2.65. The molecule has 0 aliphatic carbocycles. The topological polar surface area (TPSA) is 74.5 Å². The summed E-state index contributed by atoms with van der Waals surface area (Å²) in [4.78, 5) is 20.7. The van der Waals surface area contributed by atoms with Gasteiger partial charge in [-0.25, -0.2) is 4.98 Å². The first-order valence-electron chi connectivity index (χ1n) is 9.75. The molecule has 3 aromatic rings. The number of nitrogens with zero attached hydrogens (tertiary/aromatic N) is 3. The van der Waals surface area contributed by atoms with Gasteiger partial charge in [0, 0.05) is 43.3 Å². The van der Waals surface area contributed by atoms with Crippen molar-refractivity contribution in [3.8, 4) is 0 Å². The minimum atomic E-state index is -0.0716. The fourth-order valence-electron chi connectivity index (χ4n) is 3.32. The number of aryl methyl sites for hydroxylation is 1. The second-order valence-corrected chi connectivity index (χ2v) is 7.68. The van der Waals surface area contributed by atoms with E-state index >= 15 is 0 Å². The monoisotopic (exact) mass is 391 g/mol. The van der Waals surface area contributed by atoms with Gasteiger partial charge in [-0.15, -0.1) is 0 Å². The lowest BCUT2D eigenvalue weighted by Gasteiger charge is -2.26. The molecule has 6 nitrogen and oxygen atoms in total. The van der Waals surface area contributed by atoms with E-state index < -0.39 is 0 Å². The van der Waals surface area contributed by atoms with Crippen LogP contribution < -0.4 is 16.0 Å². The Hall–Kier alpha value is -3.12. The molecule has 0 atom stereocenters. The predicted octanol–water partition coefficient (Wildman–Crippen LogP) is 3.65. The number of aromatic nitrogens is 1. The standard InChI is InChI=1S/C23H29N5O/c1-16-12-23(26-22-9-8-19(24)14-21(16)22)28(11-10-27(3)4)15-18-6-5-7-20(13-18)25-17(2)29/h5-9,12-14H,10-11,15,24H2,1-4H3,(H,25,29). The molecule has 3 N–H and O–H groups in total. The number of anilines is 3. The normalized spacial score (nSPS) is 11.1. The van der Waals surface area contributed by atoms with Gasteiger partial charge in [0.1, 0.15) is 5.82 Å². The predicted molar refractivity (Wildman–Crippen MR) is 121 cm³/mol. The number of nitrogens with two attached hydrogens (primary N) is 1. The fourth-order valence-corrected chi connectivity index (χ4v) is 3.32. The molecule has 0 unspecified atom stereocenters. The highest BCUT2D eigenvalue weighted by Crippen LogP contribution is 2.25. The first kappa shape index (κ1) is 20.6. The number of likely N-dealkylation sites (N-methyl/N-ethyl adjacent to an activating group) is 1. The molecule has 2 aromatic carbocycles. The van der Waals surface area contributed by atoms with Crippen molar-refractivity contribution >= 4 is 34.0 Å². The molecule has 0 aliphatic heterocycles. The van der Waals surface area contributed by atoms with E-state index in [1.165, 1.54) is 6.92 Å². The number of carbonyl (C=O) groups excluding carboxylic acids is 1. The van der Waals surface area contributed by atoms with Gasteiger partial charge in [0.05, 0.1) is 5.52 Å². The molecule has 0 saturated carbocycles. The van der Waals surface area contributed by atoms with E-state index in [1.807, 2.05) is 36.4 Å². The zero-order valence-corrected chi connectivity index (χ0v) is 17.6. The quantitative estimate of drug-likeness (QED) is 0.602. The molecule has 29 heavy (non-hydrogen) atoms. The van der Waals surface area contributed by atoms with E-state index in [4.69, 9.17) is 10.7 Å². The molecular weight excluding hydrogens is 362 g/mol. The number of rotatable bonds is 7. The van der Waals surface area contributed by atoms with Gasteiger partial charge >= 0.3 is 0 Å². The summed E-state index contributed by atoms with van der Waals surface area (Å²) in [6, 6.07) is 15.9. The number of fused-ring (bicyclic) bond motifs is 1. The maximum Gasteiger partial charge on any atom is 0.221 e. The van der Waals surface area contributed by atoms with Crippen LogP contribution in [0.3, 0.4) is 0 Å². The van der Waals surface area contributed by atoms with Crippen LogP contribution in [0.4, 0.5) is 17.2 Å². The average molecular weight is 392 g/mol. The van der Waals surface area contributed by atoms with Gasteiger partial charge in [-0.1, -0.05) is 12.1 Å². The maximum atomic E-state index is 11.4. The van der Waals surface area contributed by atoms with Crippen LogP contribution in [0.15, 0.2) is 48.5 Å². The largest absolute Gasteiger partial charge is 0.399 e. The van der Waals surface area contributed by atoms with E-state index in [9.17, 15) is 4.79 Å². The lowest BCUT2D eigenvalue weighted by molar-refractivity contribution is -0.114. The Morgan fingerprint density at radius 3 is 2.62 bits per heavy atom. The minimum absolute atomic E-state index is 0.0716. The lowest BCUT2D eigenvalue weighted by atomic mass is 10.1. The van der Waals surface area contributed by atoms with Gasteiger partial charge in [-0.3, -0.25) is 4.79 Å². The molecule has 6 heteroatoms. The number of nitrogen functional groups attached to an aromatic ring is 1. The zero-order chi connectivity index (χ0) is 21.0. The van der Waals surface area contributed by atoms with E-state index in [-0.39, 0.29) is 5.91 Å². The van der Waals surface area contributed by atoms with Gasteiger partial charge in [0.2, 0.25) is 5.91 Å². The summed E-state index contributed by atoms with van der Waals surface area (Å²) in [7, 11) is 4.13.